The Morgan fingerprint density at radius 3 is 2.53 bits per heavy atom. The number of non-ortho nitro benzene ring substituents is 1. The van der Waals surface area contributed by atoms with Crippen LogP contribution in [0.4, 0.5) is 5.69 Å². The van der Waals surface area contributed by atoms with Crippen LogP contribution in [-0.4, -0.2) is 19.9 Å². The molecule has 0 aliphatic carbocycles. The van der Waals surface area contributed by atoms with Crippen molar-refractivity contribution in [1.82, 2.24) is 15.0 Å². The Bertz CT molecular complexity index is 535. The van der Waals surface area contributed by atoms with Gasteiger partial charge in [0.2, 0.25) is 0 Å². The van der Waals surface area contributed by atoms with Crippen LogP contribution >= 0.6 is 11.6 Å². The molecule has 1 aromatic carbocycles. The van der Waals surface area contributed by atoms with Crippen molar-refractivity contribution >= 4 is 17.3 Å². The molecule has 0 aliphatic rings. The number of halogens is 1. The quantitative estimate of drug-likeness (QED) is 0.478. The molecule has 88 valence electrons. The smallest absolute Gasteiger partial charge is 0.258 e. The fourth-order valence-electron chi connectivity index (χ4n) is 1.31. The summed E-state index contributed by atoms with van der Waals surface area (Å²) in [5.41, 5.74) is 1.40. The lowest BCUT2D eigenvalue weighted by atomic mass is 10.3. The number of alkyl halides is 1. The van der Waals surface area contributed by atoms with Crippen LogP contribution in [0.3, 0.4) is 0 Å². The van der Waals surface area contributed by atoms with E-state index in [1.54, 1.807) is 25.3 Å². The lowest BCUT2D eigenvalue weighted by Crippen LogP contribution is -1.95. The minimum Gasteiger partial charge on any atom is -0.258 e. The zero-order valence-electron chi connectivity index (χ0n) is 8.95. The second-order valence-electron chi connectivity index (χ2n) is 3.48. The fourth-order valence-corrected chi connectivity index (χ4v) is 1.41. The molecule has 0 bridgehead atoms. The number of rotatable bonds is 3. The molecule has 7 heteroatoms. The number of nitro benzene ring substituents is 1. The second-order valence-corrected chi connectivity index (χ2v) is 4.13. The van der Waals surface area contributed by atoms with Crippen LogP contribution in [0.1, 0.15) is 18.0 Å². The molecule has 0 fully saturated rings. The third-order valence-electron chi connectivity index (χ3n) is 2.24. The van der Waals surface area contributed by atoms with E-state index in [9.17, 15) is 10.1 Å². The average molecular weight is 253 g/mol. The minimum absolute atomic E-state index is 0.0415. The summed E-state index contributed by atoms with van der Waals surface area (Å²) in [5, 5.41) is 18.1. The molecule has 0 aliphatic heterocycles. The Balaban J connectivity index is 2.30. The summed E-state index contributed by atoms with van der Waals surface area (Å²) in [5.74, 6) is 0. The molecular formula is C10H9ClN4O2. The van der Waals surface area contributed by atoms with Crippen LogP contribution in [-0.2, 0) is 0 Å². The number of nitrogens with zero attached hydrogens (tertiary/aromatic N) is 4. The first kappa shape index (κ1) is 11.5. The monoisotopic (exact) mass is 252 g/mol. The predicted octanol–water partition coefficient (Wildman–Crippen LogP) is 2.48. The van der Waals surface area contributed by atoms with Crippen LogP contribution in [0, 0.1) is 10.1 Å². The number of hydrogen-bond acceptors (Lipinski definition) is 4. The molecule has 0 saturated heterocycles. The van der Waals surface area contributed by atoms with E-state index in [1.165, 1.54) is 16.8 Å². The molecule has 1 atom stereocenters. The van der Waals surface area contributed by atoms with E-state index in [1.807, 2.05) is 0 Å². The van der Waals surface area contributed by atoms with Crippen molar-refractivity contribution in [3.8, 4) is 5.69 Å². The number of benzene rings is 1. The van der Waals surface area contributed by atoms with Crippen molar-refractivity contribution in [2.45, 2.75) is 12.3 Å². The molecule has 0 amide bonds. The van der Waals surface area contributed by atoms with Crippen molar-refractivity contribution in [1.29, 1.82) is 0 Å². The van der Waals surface area contributed by atoms with Crippen LogP contribution in [0.5, 0.6) is 0 Å². The summed E-state index contributed by atoms with van der Waals surface area (Å²) in [6.07, 6.45) is 1.69. The van der Waals surface area contributed by atoms with Crippen LogP contribution < -0.4 is 0 Å². The molecular weight excluding hydrogens is 244 g/mol. The summed E-state index contributed by atoms with van der Waals surface area (Å²) in [6, 6.07) is 6.05. The van der Waals surface area contributed by atoms with Gasteiger partial charge in [-0.2, -0.15) is 0 Å². The zero-order chi connectivity index (χ0) is 12.4. The van der Waals surface area contributed by atoms with E-state index in [-0.39, 0.29) is 11.1 Å². The molecule has 0 saturated carbocycles. The first-order chi connectivity index (χ1) is 8.08. The van der Waals surface area contributed by atoms with Gasteiger partial charge in [0.25, 0.3) is 5.69 Å². The molecule has 1 unspecified atom stereocenters. The predicted molar refractivity (Wildman–Crippen MR) is 62.3 cm³/mol. The molecule has 0 N–H and O–H groups in total. The van der Waals surface area contributed by atoms with Gasteiger partial charge in [-0.25, -0.2) is 4.68 Å². The highest BCUT2D eigenvalue weighted by atomic mass is 35.5. The molecule has 1 aromatic heterocycles. The highest BCUT2D eigenvalue weighted by molar-refractivity contribution is 6.20. The summed E-state index contributed by atoms with van der Waals surface area (Å²) in [7, 11) is 0. The topological polar surface area (TPSA) is 73.8 Å². The van der Waals surface area contributed by atoms with Crippen molar-refractivity contribution in [3.63, 3.8) is 0 Å². The molecule has 2 aromatic rings. The van der Waals surface area contributed by atoms with Gasteiger partial charge in [0.05, 0.1) is 22.2 Å². The van der Waals surface area contributed by atoms with E-state index in [2.05, 4.69) is 10.3 Å². The summed E-state index contributed by atoms with van der Waals surface area (Å²) < 4.78 is 1.53. The molecule has 0 spiro atoms. The van der Waals surface area contributed by atoms with Crippen molar-refractivity contribution < 1.29 is 4.92 Å². The normalized spacial score (nSPS) is 12.4. The third kappa shape index (κ3) is 2.42. The maximum Gasteiger partial charge on any atom is 0.269 e. The van der Waals surface area contributed by atoms with Gasteiger partial charge in [-0.05, 0) is 19.1 Å². The first-order valence-electron chi connectivity index (χ1n) is 4.89. The SMILES string of the molecule is CC(Cl)c1cn(-c2ccc([N+](=O)[O-])cc2)nn1. The van der Waals surface area contributed by atoms with Crippen molar-refractivity contribution in [3.05, 3.63) is 46.3 Å². The Morgan fingerprint density at radius 2 is 2.06 bits per heavy atom. The van der Waals surface area contributed by atoms with Crippen LogP contribution in [0.15, 0.2) is 30.5 Å². The van der Waals surface area contributed by atoms with E-state index in [4.69, 9.17) is 11.6 Å². The van der Waals surface area contributed by atoms with Gasteiger partial charge in [-0.15, -0.1) is 16.7 Å². The van der Waals surface area contributed by atoms with Crippen molar-refractivity contribution in [2.24, 2.45) is 0 Å². The summed E-state index contributed by atoms with van der Waals surface area (Å²) in [6.45, 7) is 1.80. The minimum atomic E-state index is -0.447. The maximum absolute atomic E-state index is 10.5. The van der Waals surface area contributed by atoms with E-state index in [0.717, 1.165) is 0 Å². The summed E-state index contributed by atoms with van der Waals surface area (Å²) >= 11 is 5.87. The molecule has 2 rings (SSSR count). The third-order valence-corrected chi connectivity index (χ3v) is 2.47. The highest BCUT2D eigenvalue weighted by Crippen LogP contribution is 2.18. The van der Waals surface area contributed by atoms with Gasteiger partial charge in [0, 0.05) is 12.1 Å². The lowest BCUT2D eigenvalue weighted by molar-refractivity contribution is -0.384. The molecule has 6 nitrogen and oxygen atoms in total. The number of nitro groups is 1. The van der Waals surface area contributed by atoms with Gasteiger partial charge in [0.1, 0.15) is 5.69 Å². The Morgan fingerprint density at radius 1 is 1.41 bits per heavy atom. The van der Waals surface area contributed by atoms with E-state index < -0.39 is 4.92 Å². The highest BCUT2D eigenvalue weighted by Gasteiger charge is 2.09. The van der Waals surface area contributed by atoms with Gasteiger partial charge >= 0.3 is 0 Å². The zero-order valence-corrected chi connectivity index (χ0v) is 9.70. The number of hydrogen-bond donors (Lipinski definition) is 0. The van der Waals surface area contributed by atoms with Gasteiger partial charge < -0.3 is 0 Å². The Hall–Kier alpha value is -1.95. The van der Waals surface area contributed by atoms with Crippen LogP contribution in [0.2, 0.25) is 0 Å². The fraction of sp³-hybridized carbons (Fsp3) is 0.200. The van der Waals surface area contributed by atoms with Gasteiger partial charge in [-0.3, -0.25) is 10.1 Å². The second kappa shape index (κ2) is 4.50. The molecule has 17 heavy (non-hydrogen) atoms. The average Bonchev–Trinajstić information content (AvgIpc) is 2.78. The maximum atomic E-state index is 10.5. The number of aromatic nitrogens is 3. The largest absolute Gasteiger partial charge is 0.269 e. The molecule has 0 radical (unpaired) electrons. The van der Waals surface area contributed by atoms with Crippen molar-refractivity contribution in [2.75, 3.05) is 0 Å². The van der Waals surface area contributed by atoms with Crippen LogP contribution in [0.25, 0.3) is 5.69 Å². The Kier molecular flexibility index (Phi) is 3.06. The Labute approximate surface area is 102 Å². The van der Waals surface area contributed by atoms with Gasteiger partial charge in [-0.1, -0.05) is 5.21 Å². The van der Waals surface area contributed by atoms with Gasteiger partial charge in [0.15, 0.2) is 0 Å². The van der Waals surface area contributed by atoms with E-state index >= 15 is 0 Å². The first-order valence-corrected chi connectivity index (χ1v) is 5.32. The molecule has 1 heterocycles. The van der Waals surface area contributed by atoms with E-state index in [0.29, 0.717) is 11.4 Å². The lowest BCUT2D eigenvalue weighted by Gasteiger charge is -1.98. The standard InChI is InChI=1S/C10H9ClN4O2/c1-7(11)10-6-14(13-12-10)8-2-4-9(5-3-8)15(16)17/h2-7H,1H3. The summed E-state index contributed by atoms with van der Waals surface area (Å²) in [4.78, 5) is 10.0.